The quantitative estimate of drug-likeness (QED) is 0.150. The first-order valence-electron chi connectivity index (χ1n) is 16.7. The summed E-state index contributed by atoms with van der Waals surface area (Å²) in [6, 6.07) is 4.09. The predicted molar refractivity (Wildman–Crippen MR) is 183 cm³/mol. The molecule has 0 saturated carbocycles. The average molecular weight is 643 g/mol. The molecule has 1 aliphatic carbocycles. The Hall–Kier alpha value is -2.45. The van der Waals surface area contributed by atoms with Crippen LogP contribution in [0, 0.1) is 11.8 Å². The van der Waals surface area contributed by atoms with E-state index < -0.39 is 0 Å². The Morgan fingerprint density at radius 3 is 2.11 bits per heavy atom. The van der Waals surface area contributed by atoms with Crippen LogP contribution in [0.25, 0.3) is 15.8 Å². The molecular weight excluding hydrogens is 593 g/mol. The topological polar surface area (TPSA) is 71.1 Å². The number of hydrogen-bond donors (Lipinski definition) is 0. The van der Waals surface area contributed by atoms with Crippen LogP contribution in [-0.4, -0.2) is 43.6 Å². The molecule has 6 nitrogen and oxygen atoms in total. The number of hydrogen-bond acceptors (Lipinski definition) is 8. The van der Waals surface area contributed by atoms with E-state index in [-0.39, 0.29) is 17.2 Å². The van der Waals surface area contributed by atoms with E-state index in [9.17, 15) is 9.59 Å². The lowest BCUT2D eigenvalue weighted by Gasteiger charge is -2.29. The molecule has 8 heteroatoms. The van der Waals surface area contributed by atoms with Crippen LogP contribution in [0.4, 0.5) is 0 Å². The number of thiophene rings is 1. The van der Waals surface area contributed by atoms with E-state index in [0.717, 1.165) is 76.8 Å². The smallest absolute Gasteiger partial charge is 0.348 e. The van der Waals surface area contributed by atoms with E-state index in [1.165, 1.54) is 24.2 Å². The SMILES string of the molecule is CCCCC(CC)COC1=C2C=C(C(=O)OCC)SC2Cc2c1cc1sc(C(=O)OCC)cc1c2OCC(CC)CCCC. The third kappa shape index (κ3) is 8.03. The number of ether oxygens (including phenoxy) is 4. The summed E-state index contributed by atoms with van der Waals surface area (Å²) in [6.07, 6.45) is 11.7. The highest BCUT2D eigenvalue weighted by Gasteiger charge is 2.38. The van der Waals surface area contributed by atoms with Gasteiger partial charge in [-0.15, -0.1) is 23.1 Å². The average Bonchev–Trinajstić information content (AvgIpc) is 3.65. The van der Waals surface area contributed by atoms with Crippen LogP contribution in [0.15, 0.2) is 28.7 Å². The fraction of sp³-hybridized carbons (Fsp3) is 0.611. The van der Waals surface area contributed by atoms with Crippen LogP contribution in [0.1, 0.15) is 114 Å². The molecule has 1 aromatic heterocycles. The second-order valence-electron chi connectivity index (χ2n) is 11.8. The van der Waals surface area contributed by atoms with E-state index in [4.69, 9.17) is 18.9 Å². The van der Waals surface area contributed by atoms with Crippen molar-refractivity contribution in [2.24, 2.45) is 11.8 Å². The van der Waals surface area contributed by atoms with Gasteiger partial charge in [0.05, 0.1) is 31.3 Å². The highest BCUT2D eigenvalue weighted by molar-refractivity contribution is 8.05. The van der Waals surface area contributed by atoms with Gasteiger partial charge in [-0.3, -0.25) is 0 Å². The van der Waals surface area contributed by atoms with Crippen molar-refractivity contribution in [2.75, 3.05) is 26.4 Å². The number of carbonyl (C=O) groups excluding carboxylic acids is 2. The van der Waals surface area contributed by atoms with Crippen LogP contribution in [0.2, 0.25) is 0 Å². The predicted octanol–water partition coefficient (Wildman–Crippen LogP) is 9.74. The Kier molecular flexibility index (Phi) is 13.1. The first-order chi connectivity index (χ1) is 21.4. The second-order valence-corrected chi connectivity index (χ2v) is 14.1. The van der Waals surface area contributed by atoms with Gasteiger partial charge in [0, 0.05) is 32.0 Å². The summed E-state index contributed by atoms with van der Waals surface area (Å²) in [5.41, 5.74) is 3.13. The van der Waals surface area contributed by atoms with Crippen LogP contribution in [-0.2, 0) is 25.4 Å². The molecule has 2 aliphatic rings. The lowest BCUT2D eigenvalue weighted by Crippen LogP contribution is -2.20. The number of esters is 2. The maximum absolute atomic E-state index is 12.8. The molecule has 242 valence electrons. The zero-order valence-electron chi connectivity index (χ0n) is 27.4. The highest BCUT2D eigenvalue weighted by atomic mass is 32.2. The molecular formula is C36H50O6S2. The van der Waals surface area contributed by atoms with Crippen molar-refractivity contribution in [3.8, 4) is 5.75 Å². The third-order valence-corrected chi connectivity index (χ3v) is 11.0. The van der Waals surface area contributed by atoms with Crippen molar-refractivity contribution in [3.05, 3.63) is 44.7 Å². The van der Waals surface area contributed by atoms with Crippen molar-refractivity contribution in [1.82, 2.24) is 0 Å². The highest BCUT2D eigenvalue weighted by Crippen LogP contribution is 2.51. The normalized spacial score (nSPS) is 17.1. The molecule has 2 heterocycles. The van der Waals surface area contributed by atoms with Gasteiger partial charge in [-0.25, -0.2) is 9.59 Å². The minimum absolute atomic E-state index is 0.0256. The molecule has 0 N–H and O–H groups in total. The lowest BCUT2D eigenvalue weighted by molar-refractivity contribution is -0.137. The third-order valence-electron chi connectivity index (χ3n) is 8.65. The summed E-state index contributed by atoms with van der Waals surface area (Å²) in [5, 5.41) is 0.971. The monoisotopic (exact) mass is 642 g/mol. The Balaban J connectivity index is 1.83. The minimum Gasteiger partial charge on any atom is -0.492 e. The molecule has 2 aromatic rings. The number of unbranched alkanes of at least 4 members (excludes halogenated alkanes) is 2. The fourth-order valence-corrected chi connectivity index (χ4v) is 8.13. The maximum Gasteiger partial charge on any atom is 0.348 e. The number of rotatable bonds is 18. The number of fused-ring (bicyclic) bond motifs is 3. The Morgan fingerprint density at radius 2 is 1.50 bits per heavy atom. The van der Waals surface area contributed by atoms with Crippen LogP contribution in [0.3, 0.4) is 0 Å². The largest absolute Gasteiger partial charge is 0.492 e. The summed E-state index contributed by atoms with van der Waals surface area (Å²) < 4.78 is 25.3. The van der Waals surface area contributed by atoms with E-state index in [1.807, 2.05) is 26.0 Å². The number of benzene rings is 1. The number of carbonyl (C=O) groups is 2. The zero-order valence-corrected chi connectivity index (χ0v) is 29.1. The first-order valence-corrected chi connectivity index (χ1v) is 18.4. The first kappa shape index (κ1) is 34.4. The number of allylic oxidation sites excluding steroid dienone is 1. The van der Waals surface area contributed by atoms with Gasteiger partial charge in [-0.05, 0) is 63.2 Å². The molecule has 0 fully saturated rings. The Labute approximate surface area is 271 Å². The lowest BCUT2D eigenvalue weighted by atomic mass is 9.88. The van der Waals surface area contributed by atoms with Crippen LogP contribution >= 0.6 is 23.1 Å². The molecule has 0 bridgehead atoms. The summed E-state index contributed by atoms with van der Waals surface area (Å²) in [6.45, 7) is 14.5. The maximum atomic E-state index is 12.8. The van der Waals surface area contributed by atoms with Crippen LogP contribution < -0.4 is 4.74 Å². The molecule has 0 saturated heterocycles. The van der Waals surface area contributed by atoms with Crippen molar-refractivity contribution < 1.29 is 28.5 Å². The van der Waals surface area contributed by atoms with Crippen molar-refractivity contribution >= 4 is 50.9 Å². The van der Waals surface area contributed by atoms with Gasteiger partial charge < -0.3 is 18.9 Å². The molecule has 44 heavy (non-hydrogen) atoms. The molecule has 1 aromatic carbocycles. The molecule has 1 aliphatic heterocycles. The molecule has 0 radical (unpaired) electrons. The van der Waals surface area contributed by atoms with Gasteiger partial charge in [0.15, 0.2) is 0 Å². The summed E-state index contributed by atoms with van der Waals surface area (Å²) in [7, 11) is 0. The fourth-order valence-electron chi connectivity index (χ4n) is 5.92. The van der Waals surface area contributed by atoms with Gasteiger partial charge in [0.2, 0.25) is 0 Å². The summed E-state index contributed by atoms with van der Waals surface area (Å²) in [4.78, 5) is 26.8. The van der Waals surface area contributed by atoms with Gasteiger partial charge in [-0.1, -0.05) is 66.2 Å². The summed E-state index contributed by atoms with van der Waals surface area (Å²) >= 11 is 2.99. The van der Waals surface area contributed by atoms with Crippen molar-refractivity contribution in [2.45, 2.75) is 105 Å². The molecule has 3 atom stereocenters. The minimum atomic E-state index is -0.307. The van der Waals surface area contributed by atoms with E-state index in [1.54, 1.807) is 11.8 Å². The molecule has 0 spiro atoms. The zero-order chi connectivity index (χ0) is 31.6. The van der Waals surface area contributed by atoms with E-state index in [2.05, 4.69) is 33.8 Å². The molecule has 0 amide bonds. The van der Waals surface area contributed by atoms with Gasteiger partial charge in [0.1, 0.15) is 16.4 Å². The van der Waals surface area contributed by atoms with Gasteiger partial charge in [0.25, 0.3) is 0 Å². The Morgan fingerprint density at radius 1 is 0.864 bits per heavy atom. The van der Waals surface area contributed by atoms with Crippen molar-refractivity contribution in [1.29, 1.82) is 0 Å². The van der Waals surface area contributed by atoms with Gasteiger partial charge in [-0.2, -0.15) is 0 Å². The van der Waals surface area contributed by atoms with Crippen molar-refractivity contribution in [3.63, 3.8) is 0 Å². The van der Waals surface area contributed by atoms with Gasteiger partial charge >= 0.3 is 11.9 Å². The standard InChI is InChI=1S/C36H50O6S2/c1-7-13-15-23(9-3)21-41-33-25-17-30-28(20-32(44-30)36(38)40-12-6)34(42-22-24(10-4)16-14-8-2)26(25)18-29-27(33)19-31(43-29)35(37)39-11-5/h17,19-20,23-24,29H,7-16,18,21-22H2,1-6H3. The number of thioether (sulfide) groups is 1. The second kappa shape index (κ2) is 16.7. The molecule has 3 unspecified atom stereocenters. The van der Waals surface area contributed by atoms with E-state index in [0.29, 0.717) is 54.5 Å². The van der Waals surface area contributed by atoms with E-state index >= 15 is 0 Å². The van der Waals surface area contributed by atoms with Crippen LogP contribution in [0.5, 0.6) is 5.75 Å². The summed E-state index contributed by atoms with van der Waals surface area (Å²) in [5.74, 6) is 1.98. The Bertz CT molecular complexity index is 1360. The molecule has 4 rings (SSSR count).